The van der Waals surface area contributed by atoms with Gasteiger partial charge in [0.1, 0.15) is 5.82 Å². The van der Waals surface area contributed by atoms with Crippen LogP contribution in [0.25, 0.3) is 10.9 Å². The third kappa shape index (κ3) is 5.06. The van der Waals surface area contributed by atoms with Crippen LogP contribution in [0.5, 0.6) is 0 Å². The maximum absolute atomic E-state index is 12.0. The van der Waals surface area contributed by atoms with Gasteiger partial charge >= 0.3 is 5.97 Å². The number of rotatable bonds is 9. The molecule has 0 aliphatic carbocycles. The molecule has 0 radical (unpaired) electrons. The lowest BCUT2D eigenvalue weighted by atomic mass is 10.0. The van der Waals surface area contributed by atoms with Crippen molar-refractivity contribution < 1.29 is 19.4 Å². The van der Waals surface area contributed by atoms with Crippen LogP contribution in [0.2, 0.25) is 0 Å². The third-order valence-electron chi connectivity index (χ3n) is 3.69. The molecule has 1 atom stereocenters. The molecule has 1 heterocycles. The van der Waals surface area contributed by atoms with E-state index in [1.807, 2.05) is 6.07 Å². The Labute approximate surface area is 154 Å². The SMILES string of the molecule is COCC(C)(NC(=O)CCSCc1nc2ccccc2c(=O)[nH]1)C(=O)O. The summed E-state index contributed by atoms with van der Waals surface area (Å²) in [6, 6.07) is 7.08. The number of benzene rings is 1. The van der Waals surface area contributed by atoms with Crippen molar-refractivity contribution in [3.8, 4) is 0 Å². The molecule has 3 N–H and O–H groups in total. The number of nitrogens with one attached hydrogen (secondary N) is 2. The van der Waals surface area contributed by atoms with Gasteiger partial charge in [0.05, 0.1) is 23.3 Å². The molecule has 0 spiro atoms. The van der Waals surface area contributed by atoms with E-state index in [-0.39, 0.29) is 24.5 Å². The molecule has 0 saturated heterocycles. The molecule has 2 rings (SSSR count). The van der Waals surface area contributed by atoms with E-state index in [2.05, 4.69) is 15.3 Å². The van der Waals surface area contributed by atoms with E-state index in [1.54, 1.807) is 18.2 Å². The monoisotopic (exact) mass is 379 g/mol. The summed E-state index contributed by atoms with van der Waals surface area (Å²) in [6.07, 6.45) is 0.148. The first kappa shape index (κ1) is 19.9. The molecule has 0 aliphatic heterocycles. The van der Waals surface area contributed by atoms with E-state index >= 15 is 0 Å². The minimum Gasteiger partial charge on any atom is -0.479 e. The number of carbonyl (C=O) groups is 2. The van der Waals surface area contributed by atoms with Crippen LogP contribution in [0, 0.1) is 0 Å². The number of aromatic amines is 1. The second-order valence-electron chi connectivity index (χ2n) is 5.95. The molecule has 1 aromatic heterocycles. The molecule has 9 heteroatoms. The first-order valence-electron chi connectivity index (χ1n) is 7.95. The van der Waals surface area contributed by atoms with Crippen LogP contribution in [-0.2, 0) is 20.1 Å². The lowest BCUT2D eigenvalue weighted by molar-refractivity contribution is -0.149. The van der Waals surface area contributed by atoms with E-state index in [4.69, 9.17) is 4.74 Å². The number of H-pyrrole nitrogens is 1. The summed E-state index contributed by atoms with van der Waals surface area (Å²) >= 11 is 1.43. The summed E-state index contributed by atoms with van der Waals surface area (Å²) in [4.78, 5) is 42.3. The molecule has 1 unspecified atom stereocenters. The standard InChI is InChI=1S/C17H21N3O5S/c1-17(10-25-2,16(23)24)20-14(21)7-8-26-9-13-18-12-6-4-3-5-11(12)15(22)19-13/h3-6H,7-10H2,1-2H3,(H,20,21)(H,23,24)(H,18,19,22). The second kappa shape index (κ2) is 8.81. The van der Waals surface area contributed by atoms with Gasteiger partial charge in [-0.05, 0) is 19.1 Å². The Morgan fingerprint density at radius 2 is 2.12 bits per heavy atom. The van der Waals surface area contributed by atoms with Crippen molar-refractivity contribution in [1.82, 2.24) is 15.3 Å². The quantitative estimate of drug-likeness (QED) is 0.559. The van der Waals surface area contributed by atoms with Crippen LogP contribution < -0.4 is 10.9 Å². The Morgan fingerprint density at radius 1 is 1.38 bits per heavy atom. The number of carbonyl (C=O) groups excluding carboxylic acids is 1. The number of methoxy groups -OCH3 is 1. The van der Waals surface area contributed by atoms with Crippen LogP contribution in [-0.4, -0.2) is 52.0 Å². The average Bonchev–Trinajstić information content (AvgIpc) is 2.59. The molecule has 8 nitrogen and oxygen atoms in total. The Balaban J connectivity index is 1.86. The number of hydrogen-bond donors (Lipinski definition) is 3. The highest BCUT2D eigenvalue weighted by Crippen LogP contribution is 2.13. The molecule has 0 aliphatic rings. The zero-order valence-electron chi connectivity index (χ0n) is 14.6. The molecular weight excluding hydrogens is 358 g/mol. The maximum Gasteiger partial charge on any atom is 0.331 e. The topological polar surface area (TPSA) is 121 Å². The first-order chi connectivity index (χ1) is 12.4. The van der Waals surface area contributed by atoms with Crippen LogP contribution in [0.3, 0.4) is 0 Å². The van der Waals surface area contributed by atoms with Gasteiger partial charge in [0.2, 0.25) is 5.91 Å². The predicted octanol–water partition coefficient (Wildman–Crippen LogP) is 1.15. The van der Waals surface area contributed by atoms with Crippen molar-refractivity contribution >= 4 is 34.5 Å². The normalized spacial score (nSPS) is 13.3. The van der Waals surface area contributed by atoms with Gasteiger partial charge in [-0.15, -0.1) is 0 Å². The molecule has 1 aromatic carbocycles. The minimum absolute atomic E-state index is 0.122. The fourth-order valence-electron chi connectivity index (χ4n) is 2.35. The lowest BCUT2D eigenvalue weighted by Gasteiger charge is -2.25. The van der Waals surface area contributed by atoms with Crippen LogP contribution in [0.4, 0.5) is 0 Å². The van der Waals surface area contributed by atoms with Gasteiger partial charge in [0.25, 0.3) is 5.56 Å². The zero-order valence-corrected chi connectivity index (χ0v) is 15.4. The minimum atomic E-state index is -1.46. The number of aliphatic carboxylic acids is 1. The number of carboxylic acid groups (broad SMARTS) is 1. The molecule has 26 heavy (non-hydrogen) atoms. The Kier molecular flexibility index (Phi) is 6.76. The van der Waals surface area contributed by atoms with Crippen molar-refractivity contribution in [2.24, 2.45) is 0 Å². The largest absolute Gasteiger partial charge is 0.479 e. The molecule has 0 saturated carbocycles. The average molecular weight is 379 g/mol. The van der Waals surface area contributed by atoms with Crippen molar-refractivity contribution in [2.75, 3.05) is 19.5 Å². The van der Waals surface area contributed by atoms with E-state index in [0.29, 0.717) is 28.2 Å². The number of para-hydroxylation sites is 1. The fraction of sp³-hybridized carbons (Fsp3) is 0.412. The number of carboxylic acids is 1. The molecule has 0 bridgehead atoms. The molecular formula is C17H21N3O5S. The number of aromatic nitrogens is 2. The van der Waals surface area contributed by atoms with Crippen LogP contribution >= 0.6 is 11.8 Å². The van der Waals surface area contributed by atoms with Crippen molar-refractivity contribution in [1.29, 1.82) is 0 Å². The highest BCUT2D eigenvalue weighted by atomic mass is 32.2. The van der Waals surface area contributed by atoms with Gasteiger partial charge in [-0.2, -0.15) is 11.8 Å². The summed E-state index contributed by atoms with van der Waals surface area (Å²) in [5.41, 5.74) is -1.02. The third-order valence-corrected chi connectivity index (χ3v) is 4.66. The highest BCUT2D eigenvalue weighted by Gasteiger charge is 2.34. The van der Waals surface area contributed by atoms with Crippen LogP contribution in [0.1, 0.15) is 19.2 Å². The highest BCUT2D eigenvalue weighted by molar-refractivity contribution is 7.98. The van der Waals surface area contributed by atoms with Crippen molar-refractivity contribution in [3.05, 3.63) is 40.4 Å². The van der Waals surface area contributed by atoms with Crippen molar-refractivity contribution in [3.63, 3.8) is 0 Å². The number of fused-ring (bicyclic) bond motifs is 1. The Morgan fingerprint density at radius 3 is 2.81 bits per heavy atom. The fourth-order valence-corrected chi connectivity index (χ4v) is 3.15. The summed E-state index contributed by atoms with van der Waals surface area (Å²) in [7, 11) is 1.38. The smallest absolute Gasteiger partial charge is 0.331 e. The lowest BCUT2D eigenvalue weighted by Crippen LogP contribution is -2.55. The van der Waals surface area contributed by atoms with Gasteiger partial charge in [-0.25, -0.2) is 9.78 Å². The molecule has 0 fully saturated rings. The van der Waals surface area contributed by atoms with Gasteiger partial charge in [-0.1, -0.05) is 12.1 Å². The van der Waals surface area contributed by atoms with E-state index in [0.717, 1.165) is 0 Å². The number of thioether (sulfide) groups is 1. The number of hydrogen-bond acceptors (Lipinski definition) is 6. The van der Waals surface area contributed by atoms with E-state index < -0.39 is 11.5 Å². The predicted molar refractivity (Wildman–Crippen MR) is 99.2 cm³/mol. The number of nitrogens with zero attached hydrogens (tertiary/aromatic N) is 1. The van der Waals surface area contributed by atoms with Crippen LogP contribution in [0.15, 0.2) is 29.1 Å². The molecule has 1 amide bonds. The van der Waals surface area contributed by atoms with E-state index in [1.165, 1.54) is 25.8 Å². The Bertz CT molecular complexity index is 854. The van der Waals surface area contributed by atoms with E-state index in [9.17, 15) is 19.5 Å². The van der Waals surface area contributed by atoms with Gasteiger partial charge < -0.3 is 20.1 Å². The summed E-state index contributed by atoms with van der Waals surface area (Å²) in [5, 5.41) is 12.2. The molecule has 140 valence electrons. The van der Waals surface area contributed by atoms with Gasteiger partial charge in [0.15, 0.2) is 5.54 Å². The molecule has 2 aromatic rings. The second-order valence-corrected chi connectivity index (χ2v) is 7.06. The summed E-state index contributed by atoms with van der Waals surface area (Å²) in [6.45, 7) is 1.27. The maximum atomic E-state index is 12.0. The zero-order chi connectivity index (χ0) is 19.2. The Hall–Kier alpha value is -2.39. The first-order valence-corrected chi connectivity index (χ1v) is 9.10. The summed E-state index contributed by atoms with van der Waals surface area (Å²) < 4.78 is 4.86. The summed E-state index contributed by atoms with van der Waals surface area (Å²) in [5.74, 6) is -0.0845. The van der Waals surface area contributed by atoms with Crippen molar-refractivity contribution in [2.45, 2.75) is 24.6 Å². The number of ether oxygens (including phenoxy) is 1. The number of amides is 1. The van der Waals surface area contributed by atoms with Gasteiger partial charge in [0, 0.05) is 19.3 Å². The van der Waals surface area contributed by atoms with Gasteiger partial charge in [-0.3, -0.25) is 9.59 Å².